The molecule has 0 N–H and O–H groups in total. The minimum Gasteiger partial charge on any atom is -0.495 e. The largest absolute Gasteiger partial charge is 0.495 e. The summed E-state index contributed by atoms with van der Waals surface area (Å²) >= 11 is 1.61. The highest BCUT2D eigenvalue weighted by Crippen LogP contribution is 2.36. The summed E-state index contributed by atoms with van der Waals surface area (Å²) in [4.78, 5) is 20.4. The van der Waals surface area contributed by atoms with Crippen molar-refractivity contribution in [3.05, 3.63) is 89.7 Å². The van der Waals surface area contributed by atoms with Crippen LogP contribution >= 0.6 is 11.3 Å². The first-order valence-corrected chi connectivity index (χ1v) is 13.1. The quantitative estimate of drug-likeness (QED) is 0.378. The maximum absolute atomic E-state index is 13.0. The van der Waals surface area contributed by atoms with Crippen LogP contribution in [0.3, 0.4) is 0 Å². The normalized spacial score (nSPS) is 13.2. The Balaban J connectivity index is 1.41. The average molecular weight is 491 g/mol. The Labute approximate surface area is 202 Å². The van der Waals surface area contributed by atoms with E-state index in [0.717, 1.165) is 32.0 Å². The maximum atomic E-state index is 13.0. The third-order valence-corrected chi connectivity index (χ3v) is 8.72. The summed E-state index contributed by atoms with van der Waals surface area (Å²) in [6, 6.07) is 18.5. The van der Waals surface area contributed by atoms with Crippen LogP contribution in [-0.4, -0.2) is 38.4 Å². The molecule has 2 aromatic carbocycles. The lowest BCUT2D eigenvalue weighted by molar-refractivity contribution is 0.0816. The molecule has 8 heteroatoms. The Morgan fingerprint density at radius 3 is 2.56 bits per heavy atom. The average Bonchev–Trinajstić information content (AvgIpc) is 3.44. The smallest absolute Gasteiger partial charge is 0.254 e. The van der Waals surface area contributed by atoms with Gasteiger partial charge in [0.2, 0.25) is 0 Å². The number of fused-ring (bicyclic) bond motifs is 1. The van der Waals surface area contributed by atoms with E-state index in [0.29, 0.717) is 17.9 Å². The highest BCUT2D eigenvalue weighted by atomic mass is 32.2. The van der Waals surface area contributed by atoms with E-state index in [4.69, 9.17) is 4.74 Å². The molecule has 1 aliphatic rings. The van der Waals surface area contributed by atoms with Gasteiger partial charge in [0.05, 0.1) is 12.9 Å². The number of aromatic nitrogens is 1. The predicted molar refractivity (Wildman–Crippen MR) is 133 cm³/mol. The molecular formula is C26H22N2O4S2. The van der Waals surface area contributed by atoms with Crippen molar-refractivity contribution in [3.8, 4) is 26.6 Å². The van der Waals surface area contributed by atoms with Crippen LogP contribution in [0.5, 0.6) is 5.75 Å². The second kappa shape index (κ2) is 8.70. The highest BCUT2D eigenvalue weighted by Gasteiger charge is 2.24. The summed E-state index contributed by atoms with van der Waals surface area (Å²) in [5, 5.41) is 0. The van der Waals surface area contributed by atoms with Crippen LogP contribution in [0, 0.1) is 0 Å². The molecular weight excluding hydrogens is 468 g/mol. The van der Waals surface area contributed by atoms with Crippen LogP contribution in [0.25, 0.3) is 20.9 Å². The van der Waals surface area contributed by atoms with E-state index in [1.165, 1.54) is 7.11 Å². The Bertz CT molecular complexity index is 1510. The van der Waals surface area contributed by atoms with Crippen LogP contribution in [0.15, 0.2) is 78.0 Å². The number of nitrogens with zero attached hydrogens (tertiary/aromatic N) is 2. The number of thiophene rings is 1. The van der Waals surface area contributed by atoms with E-state index >= 15 is 0 Å². The SMILES string of the molecule is COc1ccccc1S(=O)(=O)Cc1cncc(-c2ccc(-c3ccc4c(c3)CN(C)C4=O)s2)c1. The van der Waals surface area contributed by atoms with Gasteiger partial charge in [-0.25, -0.2) is 8.42 Å². The van der Waals surface area contributed by atoms with E-state index in [9.17, 15) is 13.2 Å². The number of para-hydroxylation sites is 1. The van der Waals surface area contributed by atoms with Crippen molar-refractivity contribution in [1.29, 1.82) is 0 Å². The summed E-state index contributed by atoms with van der Waals surface area (Å²) in [7, 11) is -0.336. The molecule has 0 aliphatic carbocycles. The molecule has 5 rings (SSSR count). The molecule has 4 aromatic rings. The fraction of sp³-hybridized carbons (Fsp3) is 0.154. The summed E-state index contributed by atoms with van der Waals surface area (Å²) in [6.07, 6.45) is 3.32. The van der Waals surface area contributed by atoms with E-state index in [1.807, 2.05) is 30.3 Å². The molecule has 3 heterocycles. The van der Waals surface area contributed by atoms with Gasteiger partial charge in [0.15, 0.2) is 9.84 Å². The van der Waals surface area contributed by atoms with Crippen molar-refractivity contribution < 1.29 is 17.9 Å². The molecule has 0 saturated heterocycles. The van der Waals surface area contributed by atoms with Gasteiger partial charge in [-0.3, -0.25) is 9.78 Å². The minimum absolute atomic E-state index is 0.0550. The Hall–Kier alpha value is -3.49. The number of carbonyl (C=O) groups excluding carboxylic acids is 1. The van der Waals surface area contributed by atoms with Crippen molar-refractivity contribution in [1.82, 2.24) is 9.88 Å². The Kier molecular flexibility index (Phi) is 5.71. The van der Waals surface area contributed by atoms with Gasteiger partial charge in [0.1, 0.15) is 10.6 Å². The summed E-state index contributed by atoms with van der Waals surface area (Å²) in [6.45, 7) is 0.618. The van der Waals surface area contributed by atoms with Crippen molar-refractivity contribution in [3.63, 3.8) is 0 Å². The molecule has 1 aliphatic heterocycles. The fourth-order valence-electron chi connectivity index (χ4n) is 4.14. The zero-order chi connectivity index (χ0) is 23.9. The van der Waals surface area contributed by atoms with Crippen LogP contribution in [-0.2, 0) is 22.1 Å². The standard InChI is InChI=1S/C26H22N2O4S2/c1-28-15-20-12-18(7-8-21(20)26(28)29)23-9-10-24(33-23)19-11-17(13-27-14-19)16-34(30,31)25-6-4-3-5-22(25)32-2/h3-14H,15-16H2,1-2H3. The molecule has 0 saturated carbocycles. The van der Waals surface area contributed by atoms with Crippen LogP contribution in [0.4, 0.5) is 0 Å². The number of amides is 1. The van der Waals surface area contributed by atoms with Gasteiger partial charge < -0.3 is 9.64 Å². The highest BCUT2D eigenvalue weighted by molar-refractivity contribution is 7.90. The molecule has 0 radical (unpaired) electrons. The third-order valence-electron chi connectivity index (χ3n) is 5.82. The molecule has 0 unspecified atom stereocenters. The molecule has 0 spiro atoms. The zero-order valence-electron chi connectivity index (χ0n) is 18.7. The van der Waals surface area contributed by atoms with Gasteiger partial charge in [0, 0.05) is 46.9 Å². The van der Waals surface area contributed by atoms with Gasteiger partial charge in [-0.15, -0.1) is 11.3 Å². The van der Waals surface area contributed by atoms with Crippen molar-refractivity contribution in [2.45, 2.75) is 17.2 Å². The molecule has 34 heavy (non-hydrogen) atoms. The number of hydrogen-bond donors (Lipinski definition) is 0. The van der Waals surface area contributed by atoms with Gasteiger partial charge in [0.25, 0.3) is 5.91 Å². The van der Waals surface area contributed by atoms with E-state index < -0.39 is 9.84 Å². The Morgan fingerprint density at radius 1 is 1.00 bits per heavy atom. The second-order valence-electron chi connectivity index (χ2n) is 8.19. The molecule has 1 amide bonds. The number of benzene rings is 2. The second-order valence-corrected chi connectivity index (χ2v) is 11.2. The summed E-state index contributed by atoms with van der Waals surface area (Å²) in [5.41, 5.74) is 4.32. The van der Waals surface area contributed by atoms with Crippen molar-refractivity contribution in [2.75, 3.05) is 14.2 Å². The molecule has 0 fully saturated rings. The minimum atomic E-state index is -3.60. The zero-order valence-corrected chi connectivity index (χ0v) is 20.3. The first-order chi connectivity index (χ1) is 16.4. The molecule has 172 valence electrons. The lowest BCUT2D eigenvalue weighted by Crippen LogP contribution is -2.17. The van der Waals surface area contributed by atoms with E-state index in [2.05, 4.69) is 11.1 Å². The topological polar surface area (TPSA) is 76.6 Å². The van der Waals surface area contributed by atoms with Crippen LogP contribution in [0.2, 0.25) is 0 Å². The predicted octanol–water partition coefficient (Wildman–Crippen LogP) is 5.05. The van der Waals surface area contributed by atoms with Crippen molar-refractivity contribution >= 4 is 27.1 Å². The van der Waals surface area contributed by atoms with Crippen LogP contribution < -0.4 is 4.74 Å². The Morgan fingerprint density at radius 2 is 1.76 bits per heavy atom. The number of sulfone groups is 1. The number of pyridine rings is 1. The van der Waals surface area contributed by atoms with E-state index in [1.54, 1.807) is 59.9 Å². The molecule has 0 atom stereocenters. The lowest BCUT2D eigenvalue weighted by Gasteiger charge is -2.09. The van der Waals surface area contributed by atoms with Gasteiger partial charge in [-0.2, -0.15) is 0 Å². The van der Waals surface area contributed by atoms with E-state index in [-0.39, 0.29) is 16.6 Å². The van der Waals surface area contributed by atoms with Gasteiger partial charge in [-0.1, -0.05) is 18.2 Å². The third kappa shape index (κ3) is 4.10. The lowest BCUT2D eigenvalue weighted by atomic mass is 10.1. The molecule has 6 nitrogen and oxygen atoms in total. The fourth-order valence-corrected chi connectivity index (χ4v) is 6.62. The summed E-state index contributed by atoms with van der Waals surface area (Å²) < 4.78 is 31.3. The molecule has 2 aromatic heterocycles. The number of carbonyl (C=O) groups is 1. The van der Waals surface area contributed by atoms with Gasteiger partial charge in [-0.05, 0) is 59.2 Å². The monoisotopic (exact) mass is 490 g/mol. The van der Waals surface area contributed by atoms with Crippen LogP contribution in [0.1, 0.15) is 21.5 Å². The molecule has 0 bridgehead atoms. The summed E-state index contributed by atoms with van der Waals surface area (Å²) in [5.74, 6) is 0.217. The number of methoxy groups -OCH3 is 1. The number of rotatable bonds is 6. The van der Waals surface area contributed by atoms with Gasteiger partial charge >= 0.3 is 0 Å². The maximum Gasteiger partial charge on any atom is 0.254 e. The first-order valence-electron chi connectivity index (χ1n) is 10.6. The number of ether oxygens (including phenoxy) is 1. The van der Waals surface area contributed by atoms with Crippen molar-refractivity contribution in [2.24, 2.45) is 0 Å². The first kappa shape index (κ1) is 22.3. The number of hydrogen-bond acceptors (Lipinski definition) is 6.